The predicted octanol–water partition coefficient (Wildman–Crippen LogP) is 1.31. The summed E-state index contributed by atoms with van der Waals surface area (Å²) < 4.78 is 0. The van der Waals surface area contributed by atoms with Crippen LogP contribution in [0.4, 0.5) is 0 Å². The van der Waals surface area contributed by atoms with Crippen LogP contribution in [0.15, 0.2) is 12.7 Å². The Bertz CT molecular complexity index is 178. The Morgan fingerprint density at radius 3 is 2.57 bits per heavy atom. The highest BCUT2D eigenvalue weighted by Gasteiger charge is 2.12. The normalized spacial score (nSPS) is 12.6. The molecule has 0 fully saturated rings. The van der Waals surface area contributed by atoms with Gasteiger partial charge in [0.25, 0.3) is 0 Å². The Morgan fingerprint density at radius 2 is 2.14 bits per heavy atom. The van der Waals surface area contributed by atoms with Gasteiger partial charge >= 0.3 is 0 Å². The van der Waals surface area contributed by atoms with Crippen LogP contribution in [0.3, 0.4) is 0 Å². The maximum absolute atomic E-state index is 11.4. The molecule has 0 aliphatic rings. The largest absolute Gasteiger partial charge is 0.352 e. The molecule has 14 heavy (non-hydrogen) atoms. The number of hydrogen-bond donors (Lipinski definition) is 2. The van der Waals surface area contributed by atoms with Gasteiger partial charge in [-0.1, -0.05) is 26.8 Å². The highest BCUT2D eigenvalue weighted by molar-refractivity contribution is 5.78. The molecule has 0 aliphatic heterocycles. The zero-order chi connectivity index (χ0) is 11.0. The van der Waals surface area contributed by atoms with Crippen LogP contribution >= 0.6 is 0 Å². The Balaban J connectivity index is 3.73. The first-order chi connectivity index (χ1) is 6.61. The van der Waals surface area contributed by atoms with E-state index in [9.17, 15) is 4.79 Å². The first-order valence-electron chi connectivity index (χ1n) is 5.22. The molecule has 0 heterocycles. The van der Waals surface area contributed by atoms with Gasteiger partial charge in [0.15, 0.2) is 0 Å². The minimum Gasteiger partial charge on any atom is -0.352 e. The standard InChI is InChI=1S/C11H22N2O/c1-5-7-12-8-11(14)13-10(6-2)9(3)4/h5,9-10,12H,1,6-8H2,2-4H3,(H,13,14). The van der Waals surface area contributed by atoms with E-state index in [4.69, 9.17) is 0 Å². The van der Waals surface area contributed by atoms with Gasteiger partial charge in [-0.15, -0.1) is 6.58 Å². The van der Waals surface area contributed by atoms with E-state index in [2.05, 4.69) is 38.0 Å². The van der Waals surface area contributed by atoms with Crippen LogP contribution in [0.25, 0.3) is 0 Å². The van der Waals surface area contributed by atoms with Crippen molar-refractivity contribution < 1.29 is 4.79 Å². The summed E-state index contributed by atoms with van der Waals surface area (Å²) in [6.07, 6.45) is 2.72. The molecule has 3 heteroatoms. The fourth-order valence-corrected chi connectivity index (χ4v) is 1.29. The van der Waals surface area contributed by atoms with Gasteiger partial charge in [0.1, 0.15) is 0 Å². The molecule has 82 valence electrons. The molecule has 2 N–H and O–H groups in total. The minimum absolute atomic E-state index is 0.0624. The van der Waals surface area contributed by atoms with Gasteiger partial charge in [-0.25, -0.2) is 0 Å². The second-order valence-corrected chi connectivity index (χ2v) is 3.75. The van der Waals surface area contributed by atoms with E-state index < -0.39 is 0 Å². The Hall–Kier alpha value is -0.830. The van der Waals surface area contributed by atoms with Crippen molar-refractivity contribution in [2.24, 2.45) is 5.92 Å². The fraction of sp³-hybridized carbons (Fsp3) is 0.727. The van der Waals surface area contributed by atoms with Gasteiger partial charge in [0.05, 0.1) is 6.54 Å². The van der Waals surface area contributed by atoms with Crippen LogP contribution in [0.5, 0.6) is 0 Å². The Morgan fingerprint density at radius 1 is 1.50 bits per heavy atom. The van der Waals surface area contributed by atoms with E-state index in [1.165, 1.54) is 0 Å². The van der Waals surface area contributed by atoms with Crippen molar-refractivity contribution in [2.75, 3.05) is 13.1 Å². The topological polar surface area (TPSA) is 41.1 Å². The lowest BCUT2D eigenvalue weighted by Crippen LogP contribution is -2.42. The van der Waals surface area contributed by atoms with E-state index in [1.54, 1.807) is 6.08 Å². The average Bonchev–Trinajstić information content (AvgIpc) is 2.14. The van der Waals surface area contributed by atoms with Crippen molar-refractivity contribution in [2.45, 2.75) is 33.2 Å². The Kier molecular flexibility index (Phi) is 7.11. The summed E-state index contributed by atoms with van der Waals surface area (Å²) >= 11 is 0. The number of carbonyl (C=O) groups is 1. The maximum Gasteiger partial charge on any atom is 0.234 e. The van der Waals surface area contributed by atoms with Crippen molar-refractivity contribution in [3.63, 3.8) is 0 Å². The molecule has 0 saturated carbocycles. The van der Waals surface area contributed by atoms with E-state index in [1.807, 2.05) is 0 Å². The molecule has 0 radical (unpaired) electrons. The molecule has 0 rings (SSSR count). The number of carbonyl (C=O) groups excluding carboxylic acids is 1. The first kappa shape index (κ1) is 13.2. The van der Waals surface area contributed by atoms with E-state index in [-0.39, 0.29) is 11.9 Å². The van der Waals surface area contributed by atoms with Gasteiger partial charge in [0, 0.05) is 12.6 Å². The molecule has 0 aromatic heterocycles. The monoisotopic (exact) mass is 198 g/mol. The fourth-order valence-electron chi connectivity index (χ4n) is 1.29. The molecule has 0 aliphatic carbocycles. The summed E-state index contributed by atoms with van der Waals surface area (Å²) in [5.74, 6) is 0.552. The summed E-state index contributed by atoms with van der Waals surface area (Å²) in [6, 6.07) is 0.285. The van der Waals surface area contributed by atoms with E-state index in [0.717, 1.165) is 6.42 Å². The second-order valence-electron chi connectivity index (χ2n) is 3.75. The van der Waals surface area contributed by atoms with Crippen LogP contribution in [-0.4, -0.2) is 25.0 Å². The lowest BCUT2D eigenvalue weighted by Gasteiger charge is -2.20. The summed E-state index contributed by atoms with van der Waals surface area (Å²) in [6.45, 7) is 10.9. The third-order valence-electron chi connectivity index (χ3n) is 2.17. The van der Waals surface area contributed by atoms with E-state index in [0.29, 0.717) is 19.0 Å². The maximum atomic E-state index is 11.4. The Labute approximate surface area is 87.0 Å². The molecule has 1 unspecified atom stereocenters. The van der Waals surface area contributed by atoms with Gasteiger partial charge < -0.3 is 10.6 Å². The van der Waals surface area contributed by atoms with Crippen molar-refractivity contribution >= 4 is 5.91 Å². The zero-order valence-corrected chi connectivity index (χ0v) is 9.47. The van der Waals surface area contributed by atoms with Crippen LogP contribution < -0.4 is 10.6 Å². The van der Waals surface area contributed by atoms with Crippen LogP contribution in [0.2, 0.25) is 0 Å². The predicted molar refractivity (Wildman–Crippen MR) is 60.1 cm³/mol. The first-order valence-corrected chi connectivity index (χ1v) is 5.22. The van der Waals surface area contributed by atoms with Crippen LogP contribution in [-0.2, 0) is 4.79 Å². The zero-order valence-electron chi connectivity index (χ0n) is 9.47. The number of nitrogens with one attached hydrogen (secondary N) is 2. The molecular weight excluding hydrogens is 176 g/mol. The number of hydrogen-bond acceptors (Lipinski definition) is 2. The average molecular weight is 198 g/mol. The smallest absolute Gasteiger partial charge is 0.234 e. The van der Waals surface area contributed by atoms with Crippen LogP contribution in [0.1, 0.15) is 27.2 Å². The number of amides is 1. The third-order valence-corrected chi connectivity index (χ3v) is 2.17. The summed E-state index contributed by atoms with van der Waals surface area (Å²) in [5.41, 5.74) is 0. The molecule has 1 amide bonds. The van der Waals surface area contributed by atoms with E-state index >= 15 is 0 Å². The highest BCUT2D eigenvalue weighted by atomic mass is 16.1. The SMILES string of the molecule is C=CCNCC(=O)NC(CC)C(C)C. The molecule has 0 aromatic rings. The second kappa shape index (κ2) is 7.56. The molecule has 3 nitrogen and oxygen atoms in total. The van der Waals surface area contributed by atoms with Crippen LogP contribution in [0, 0.1) is 5.92 Å². The number of rotatable bonds is 7. The van der Waals surface area contributed by atoms with Crippen molar-refractivity contribution in [3.05, 3.63) is 12.7 Å². The molecule has 0 aromatic carbocycles. The summed E-state index contributed by atoms with van der Waals surface area (Å²) in [5, 5.41) is 5.96. The minimum atomic E-state index is 0.0624. The van der Waals surface area contributed by atoms with Gasteiger partial charge in [-0.2, -0.15) is 0 Å². The summed E-state index contributed by atoms with van der Waals surface area (Å²) in [7, 11) is 0. The molecule has 0 saturated heterocycles. The third kappa shape index (κ3) is 5.75. The highest BCUT2D eigenvalue weighted by Crippen LogP contribution is 2.04. The molecule has 0 spiro atoms. The van der Waals surface area contributed by atoms with Gasteiger partial charge in [-0.3, -0.25) is 4.79 Å². The van der Waals surface area contributed by atoms with Gasteiger partial charge in [-0.05, 0) is 12.3 Å². The van der Waals surface area contributed by atoms with Gasteiger partial charge in [0.2, 0.25) is 5.91 Å². The van der Waals surface area contributed by atoms with Crippen molar-refractivity contribution in [1.82, 2.24) is 10.6 Å². The molecule has 1 atom stereocenters. The molecular formula is C11H22N2O. The quantitative estimate of drug-likeness (QED) is 0.478. The lowest BCUT2D eigenvalue weighted by molar-refractivity contribution is -0.121. The van der Waals surface area contributed by atoms with Crippen molar-refractivity contribution in [1.29, 1.82) is 0 Å². The molecule has 0 bridgehead atoms. The van der Waals surface area contributed by atoms with Crippen molar-refractivity contribution in [3.8, 4) is 0 Å². The summed E-state index contributed by atoms with van der Waals surface area (Å²) in [4.78, 5) is 11.4. The lowest BCUT2D eigenvalue weighted by atomic mass is 10.0.